The van der Waals surface area contributed by atoms with E-state index in [2.05, 4.69) is 15.1 Å². The smallest absolute Gasteiger partial charge is 0.274 e. The molecule has 10 heteroatoms. The highest BCUT2D eigenvalue weighted by molar-refractivity contribution is 5.92. The number of aromatic nitrogens is 4. The highest BCUT2D eigenvalue weighted by atomic mass is 16.5. The summed E-state index contributed by atoms with van der Waals surface area (Å²) in [5, 5.41) is 3.92. The van der Waals surface area contributed by atoms with Crippen molar-refractivity contribution in [3.05, 3.63) is 29.9 Å². The van der Waals surface area contributed by atoms with Gasteiger partial charge in [0.05, 0.1) is 6.33 Å². The van der Waals surface area contributed by atoms with Gasteiger partial charge in [0.1, 0.15) is 12.3 Å². The Kier molecular flexibility index (Phi) is 6.40. The Morgan fingerprint density at radius 2 is 2.25 bits per heavy atom. The van der Waals surface area contributed by atoms with Crippen LogP contribution in [0.3, 0.4) is 0 Å². The van der Waals surface area contributed by atoms with E-state index < -0.39 is 0 Å². The SMILES string of the molecule is COCc1nc(CCN(C(C)=O)C2CCCN(C(=O)c3cn(C)cn3)C2)no1. The van der Waals surface area contributed by atoms with Crippen molar-refractivity contribution in [1.29, 1.82) is 0 Å². The van der Waals surface area contributed by atoms with Crippen LogP contribution in [0.1, 0.15) is 42.0 Å². The van der Waals surface area contributed by atoms with Crippen LogP contribution in [0, 0.1) is 0 Å². The summed E-state index contributed by atoms with van der Waals surface area (Å²) in [5.41, 5.74) is 0.426. The Labute approximate surface area is 163 Å². The van der Waals surface area contributed by atoms with Gasteiger partial charge in [0.15, 0.2) is 5.82 Å². The standard InChI is InChI=1S/C18H26N6O4/c1-13(25)24(8-6-16-20-17(11-27-3)28-21-16)14-5-4-7-23(9-14)18(26)15-10-22(2)12-19-15/h10,12,14H,4-9,11H2,1-3H3. The van der Waals surface area contributed by atoms with E-state index in [-0.39, 0.29) is 24.5 Å². The third-order valence-electron chi connectivity index (χ3n) is 4.81. The van der Waals surface area contributed by atoms with E-state index in [1.807, 2.05) is 7.05 Å². The molecule has 0 spiro atoms. The molecule has 1 fully saturated rings. The molecule has 3 heterocycles. The maximum absolute atomic E-state index is 12.7. The van der Waals surface area contributed by atoms with E-state index in [0.717, 1.165) is 12.8 Å². The molecule has 152 valence electrons. The Morgan fingerprint density at radius 1 is 1.43 bits per heavy atom. The minimum atomic E-state index is -0.101. The number of ether oxygens (including phenoxy) is 1. The number of imidazole rings is 1. The average Bonchev–Trinajstić information content (AvgIpc) is 3.31. The largest absolute Gasteiger partial charge is 0.375 e. The summed E-state index contributed by atoms with van der Waals surface area (Å²) in [6.45, 7) is 3.44. The molecule has 0 saturated carbocycles. The molecule has 2 aromatic heterocycles. The number of hydrogen-bond acceptors (Lipinski definition) is 7. The summed E-state index contributed by atoms with van der Waals surface area (Å²) in [7, 11) is 3.39. The molecule has 3 rings (SSSR count). The van der Waals surface area contributed by atoms with Gasteiger partial charge in [0.25, 0.3) is 11.8 Å². The fraction of sp³-hybridized carbons (Fsp3) is 0.611. The molecule has 1 saturated heterocycles. The summed E-state index contributed by atoms with van der Waals surface area (Å²) in [6.07, 6.45) is 5.50. The number of likely N-dealkylation sites (tertiary alicyclic amines) is 1. The zero-order chi connectivity index (χ0) is 20.1. The monoisotopic (exact) mass is 390 g/mol. The first-order valence-electron chi connectivity index (χ1n) is 9.32. The Hall–Kier alpha value is -2.75. The molecule has 10 nitrogen and oxygen atoms in total. The number of nitrogens with zero attached hydrogens (tertiary/aromatic N) is 6. The average molecular weight is 390 g/mol. The molecule has 2 aromatic rings. The van der Waals surface area contributed by atoms with Crippen molar-refractivity contribution in [2.45, 2.75) is 38.8 Å². The van der Waals surface area contributed by atoms with E-state index >= 15 is 0 Å². The van der Waals surface area contributed by atoms with Crippen molar-refractivity contribution < 1.29 is 18.8 Å². The first-order chi connectivity index (χ1) is 13.5. The molecule has 0 bridgehead atoms. The third-order valence-corrected chi connectivity index (χ3v) is 4.81. The summed E-state index contributed by atoms with van der Waals surface area (Å²) in [4.78, 5) is 36.9. The number of hydrogen-bond donors (Lipinski definition) is 0. The van der Waals surface area contributed by atoms with Crippen molar-refractivity contribution in [2.24, 2.45) is 7.05 Å². The zero-order valence-electron chi connectivity index (χ0n) is 16.5. The van der Waals surface area contributed by atoms with E-state index in [9.17, 15) is 9.59 Å². The van der Waals surface area contributed by atoms with Gasteiger partial charge >= 0.3 is 0 Å². The van der Waals surface area contributed by atoms with Crippen molar-refractivity contribution in [3.8, 4) is 0 Å². The second kappa shape index (κ2) is 8.96. The second-order valence-corrected chi connectivity index (χ2v) is 6.97. The first-order valence-corrected chi connectivity index (χ1v) is 9.32. The van der Waals surface area contributed by atoms with Crippen LogP contribution < -0.4 is 0 Å². The number of carbonyl (C=O) groups is 2. The summed E-state index contributed by atoms with van der Waals surface area (Å²) >= 11 is 0. The summed E-state index contributed by atoms with van der Waals surface area (Å²) in [6, 6.07) is -0.0377. The van der Waals surface area contributed by atoms with Crippen LogP contribution >= 0.6 is 0 Å². The van der Waals surface area contributed by atoms with Crippen molar-refractivity contribution in [1.82, 2.24) is 29.5 Å². The van der Waals surface area contributed by atoms with Crippen LogP contribution in [0.4, 0.5) is 0 Å². The van der Waals surface area contributed by atoms with Crippen molar-refractivity contribution >= 4 is 11.8 Å². The molecule has 0 aliphatic carbocycles. The molecular formula is C18H26N6O4. The van der Waals surface area contributed by atoms with Crippen LogP contribution in [0.5, 0.6) is 0 Å². The Balaban J connectivity index is 1.62. The maximum atomic E-state index is 12.7. The number of rotatable bonds is 7. The molecule has 1 unspecified atom stereocenters. The van der Waals surface area contributed by atoms with Gasteiger partial charge in [-0.15, -0.1) is 0 Å². The lowest BCUT2D eigenvalue weighted by atomic mass is 10.0. The molecule has 1 aliphatic rings. The van der Waals surface area contributed by atoms with Gasteiger partial charge in [0, 0.05) is 59.4 Å². The first kappa shape index (κ1) is 20.0. The van der Waals surface area contributed by atoms with Crippen molar-refractivity contribution in [3.63, 3.8) is 0 Å². The fourth-order valence-corrected chi connectivity index (χ4v) is 3.47. The molecule has 1 atom stereocenters. The number of piperidine rings is 1. The molecule has 0 aromatic carbocycles. The van der Waals surface area contributed by atoms with Gasteiger partial charge in [-0.3, -0.25) is 9.59 Å². The minimum absolute atomic E-state index is 0.0299. The number of carbonyl (C=O) groups excluding carboxylic acids is 2. The lowest BCUT2D eigenvalue weighted by Crippen LogP contribution is -2.51. The predicted octanol–water partition coefficient (Wildman–Crippen LogP) is 0.645. The van der Waals surface area contributed by atoms with E-state index in [1.165, 1.54) is 0 Å². The summed E-state index contributed by atoms with van der Waals surface area (Å²) < 4.78 is 11.8. The van der Waals surface area contributed by atoms with Crippen LogP contribution in [0.25, 0.3) is 0 Å². The fourth-order valence-electron chi connectivity index (χ4n) is 3.47. The quantitative estimate of drug-likeness (QED) is 0.683. The normalized spacial score (nSPS) is 17.0. The molecule has 2 amide bonds. The number of aryl methyl sites for hydroxylation is 1. The molecule has 28 heavy (non-hydrogen) atoms. The van der Waals surface area contributed by atoms with Crippen molar-refractivity contribution in [2.75, 3.05) is 26.7 Å². The molecule has 1 aliphatic heterocycles. The lowest BCUT2D eigenvalue weighted by Gasteiger charge is -2.38. The number of methoxy groups -OCH3 is 1. The van der Waals surface area contributed by atoms with Crippen LogP contribution in [0.15, 0.2) is 17.0 Å². The van der Waals surface area contributed by atoms with Crippen LogP contribution in [-0.4, -0.2) is 74.1 Å². The summed E-state index contributed by atoms with van der Waals surface area (Å²) in [5.74, 6) is 0.820. The topological polar surface area (TPSA) is 107 Å². The molecule has 0 N–H and O–H groups in total. The third kappa shape index (κ3) is 4.75. The van der Waals surface area contributed by atoms with Gasteiger partial charge in [-0.25, -0.2) is 4.98 Å². The second-order valence-electron chi connectivity index (χ2n) is 6.97. The van der Waals surface area contributed by atoms with Gasteiger partial charge in [-0.2, -0.15) is 4.98 Å². The number of amides is 2. The van der Waals surface area contributed by atoms with E-state index in [1.54, 1.807) is 40.9 Å². The van der Waals surface area contributed by atoms with E-state index in [4.69, 9.17) is 9.26 Å². The van der Waals surface area contributed by atoms with Gasteiger partial charge in [-0.05, 0) is 12.8 Å². The minimum Gasteiger partial charge on any atom is -0.375 e. The predicted molar refractivity (Wildman–Crippen MR) is 98.2 cm³/mol. The maximum Gasteiger partial charge on any atom is 0.274 e. The Morgan fingerprint density at radius 3 is 2.93 bits per heavy atom. The molecule has 0 radical (unpaired) electrons. The highest BCUT2D eigenvalue weighted by Gasteiger charge is 2.30. The van der Waals surface area contributed by atoms with Gasteiger partial charge in [0.2, 0.25) is 5.91 Å². The lowest BCUT2D eigenvalue weighted by molar-refractivity contribution is -0.132. The zero-order valence-corrected chi connectivity index (χ0v) is 16.5. The molecular weight excluding hydrogens is 364 g/mol. The van der Waals surface area contributed by atoms with E-state index in [0.29, 0.717) is 43.5 Å². The Bertz CT molecular complexity index is 817. The van der Waals surface area contributed by atoms with Gasteiger partial charge in [-0.1, -0.05) is 5.16 Å². The van der Waals surface area contributed by atoms with Gasteiger partial charge < -0.3 is 23.6 Å². The van der Waals surface area contributed by atoms with Crippen LogP contribution in [-0.2, 0) is 29.6 Å². The van der Waals surface area contributed by atoms with Crippen LogP contribution in [0.2, 0.25) is 0 Å². The highest BCUT2D eigenvalue weighted by Crippen LogP contribution is 2.18.